The molecule has 0 fully saturated rings. The number of carbonyl (C=O) groups is 2. The summed E-state index contributed by atoms with van der Waals surface area (Å²) >= 11 is 0. The molecule has 0 saturated carbocycles. The van der Waals surface area contributed by atoms with Crippen LogP contribution in [0.1, 0.15) is 48.5 Å². The summed E-state index contributed by atoms with van der Waals surface area (Å²) in [6.45, 7) is 2.64. The van der Waals surface area contributed by atoms with Gasteiger partial charge in [0.1, 0.15) is 0 Å². The van der Waals surface area contributed by atoms with Crippen LogP contribution in [0.15, 0.2) is 24.3 Å². The lowest BCUT2D eigenvalue weighted by Gasteiger charge is -2.05. The number of carbonyl (C=O) groups excluding carboxylic acids is 1. The molecule has 2 N–H and O–H groups in total. The Hall–Kier alpha value is -1.84. The van der Waals surface area contributed by atoms with Crippen LogP contribution >= 0.6 is 0 Å². The lowest BCUT2D eigenvalue weighted by atomic mass is 10.1. The molecule has 4 heteroatoms. The van der Waals surface area contributed by atoms with E-state index >= 15 is 0 Å². The summed E-state index contributed by atoms with van der Waals surface area (Å²) < 4.78 is 0. The largest absolute Gasteiger partial charge is 0.481 e. The molecule has 0 aliphatic carbocycles. The second kappa shape index (κ2) is 8.29. The van der Waals surface area contributed by atoms with Crippen LogP contribution in [0, 0.1) is 0 Å². The molecule has 1 rings (SSSR count). The van der Waals surface area contributed by atoms with Crippen LogP contribution in [-0.2, 0) is 11.2 Å². The van der Waals surface area contributed by atoms with Gasteiger partial charge in [0.15, 0.2) is 0 Å². The Morgan fingerprint density at radius 3 is 2.42 bits per heavy atom. The van der Waals surface area contributed by atoms with E-state index in [1.807, 2.05) is 24.3 Å². The van der Waals surface area contributed by atoms with Crippen molar-refractivity contribution in [2.45, 2.75) is 39.0 Å². The van der Waals surface area contributed by atoms with E-state index in [1.165, 1.54) is 5.56 Å². The van der Waals surface area contributed by atoms with Crippen LogP contribution in [0.25, 0.3) is 0 Å². The van der Waals surface area contributed by atoms with Gasteiger partial charge in [-0.05, 0) is 37.0 Å². The van der Waals surface area contributed by atoms with Crippen LogP contribution in [0.4, 0.5) is 0 Å². The molecule has 1 amide bonds. The number of aliphatic carboxylic acids is 1. The number of hydrogen-bond donors (Lipinski definition) is 2. The van der Waals surface area contributed by atoms with Gasteiger partial charge in [-0.25, -0.2) is 0 Å². The molecule has 0 heterocycles. The van der Waals surface area contributed by atoms with Crippen molar-refractivity contribution in [3.8, 4) is 0 Å². The molecule has 104 valence electrons. The maximum absolute atomic E-state index is 11.8. The summed E-state index contributed by atoms with van der Waals surface area (Å²) in [5, 5.41) is 11.3. The molecular weight excluding hydrogens is 242 g/mol. The van der Waals surface area contributed by atoms with Crippen LogP contribution < -0.4 is 5.32 Å². The van der Waals surface area contributed by atoms with E-state index < -0.39 is 5.97 Å². The topological polar surface area (TPSA) is 66.4 Å². The maximum atomic E-state index is 11.8. The number of aryl methyl sites for hydroxylation is 1. The number of carboxylic acids is 1. The summed E-state index contributed by atoms with van der Waals surface area (Å²) in [6.07, 6.45) is 3.55. The average Bonchev–Trinajstić information content (AvgIpc) is 2.39. The fraction of sp³-hybridized carbons (Fsp3) is 0.467. The first kappa shape index (κ1) is 15.2. The van der Waals surface area contributed by atoms with Crippen molar-refractivity contribution in [2.24, 2.45) is 0 Å². The van der Waals surface area contributed by atoms with E-state index in [0.717, 1.165) is 12.8 Å². The summed E-state index contributed by atoms with van der Waals surface area (Å²) in [4.78, 5) is 22.1. The highest BCUT2D eigenvalue weighted by Gasteiger charge is 2.04. The second-order valence-corrected chi connectivity index (χ2v) is 4.55. The Kier molecular flexibility index (Phi) is 6.64. The van der Waals surface area contributed by atoms with Crippen LogP contribution in [0.2, 0.25) is 0 Å². The van der Waals surface area contributed by atoms with Crippen molar-refractivity contribution >= 4 is 11.9 Å². The zero-order valence-electron chi connectivity index (χ0n) is 11.3. The number of nitrogens with one attached hydrogen (secondary N) is 1. The quantitative estimate of drug-likeness (QED) is 0.708. The first-order valence-electron chi connectivity index (χ1n) is 6.72. The predicted octanol–water partition coefficient (Wildman–Crippen LogP) is 2.62. The fourth-order valence-electron chi connectivity index (χ4n) is 1.82. The molecular formula is C15H21NO3. The minimum Gasteiger partial charge on any atom is -0.481 e. The molecule has 0 aliphatic rings. The van der Waals surface area contributed by atoms with Gasteiger partial charge in [0.05, 0.1) is 0 Å². The molecule has 0 bridgehead atoms. The Labute approximate surface area is 113 Å². The number of hydrogen-bond acceptors (Lipinski definition) is 2. The Bertz CT molecular complexity index is 412. The standard InChI is InChI=1S/C15H21NO3/c1-2-5-12-7-9-13(10-8-12)15(19)16-11-4-3-6-14(17)18/h7-10H,2-6,11H2,1H3,(H,16,19)(H,17,18). The number of amides is 1. The maximum Gasteiger partial charge on any atom is 0.303 e. The van der Waals surface area contributed by atoms with Gasteiger partial charge in [-0.15, -0.1) is 0 Å². The van der Waals surface area contributed by atoms with E-state index in [-0.39, 0.29) is 12.3 Å². The van der Waals surface area contributed by atoms with Crippen LogP contribution in [0.5, 0.6) is 0 Å². The molecule has 0 saturated heterocycles. The van der Waals surface area contributed by atoms with E-state index in [9.17, 15) is 9.59 Å². The Balaban J connectivity index is 2.30. The van der Waals surface area contributed by atoms with Crippen LogP contribution in [-0.4, -0.2) is 23.5 Å². The zero-order chi connectivity index (χ0) is 14.1. The highest BCUT2D eigenvalue weighted by molar-refractivity contribution is 5.94. The smallest absolute Gasteiger partial charge is 0.303 e. The first-order chi connectivity index (χ1) is 9.13. The highest BCUT2D eigenvalue weighted by atomic mass is 16.4. The van der Waals surface area contributed by atoms with Crippen LogP contribution in [0.3, 0.4) is 0 Å². The molecule has 1 aromatic carbocycles. The summed E-state index contributed by atoms with van der Waals surface area (Å²) in [5.74, 6) is -0.892. The van der Waals surface area contributed by atoms with E-state index in [0.29, 0.717) is 24.9 Å². The van der Waals surface area contributed by atoms with Gasteiger partial charge >= 0.3 is 5.97 Å². The normalized spacial score (nSPS) is 10.2. The minimum atomic E-state index is -0.794. The third-order valence-corrected chi connectivity index (χ3v) is 2.86. The fourth-order valence-corrected chi connectivity index (χ4v) is 1.82. The van der Waals surface area contributed by atoms with Crippen molar-refractivity contribution in [2.75, 3.05) is 6.54 Å². The lowest BCUT2D eigenvalue weighted by molar-refractivity contribution is -0.137. The molecule has 0 radical (unpaired) electrons. The third-order valence-electron chi connectivity index (χ3n) is 2.86. The summed E-state index contributed by atoms with van der Waals surface area (Å²) in [6, 6.07) is 7.61. The van der Waals surface area contributed by atoms with Gasteiger partial charge in [-0.3, -0.25) is 9.59 Å². The summed E-state index contributed by atoms with van der Waals surface area (Å²) in [7, 11) is 0. The molecule has 1 aromatic rings. The second-order valence-electron chi connectivity index (χ2n) is 4.55. The molecule has 0 unspecified atom stereocenters. The number of carboxylic acid groups (broad SMARTS) is 1. The van der Waals surface area contributed by atoms with Gasteiger partial charge < -0.3 is 10.4 Å². The van der Waals surface area contributed by atoms with E-state index in [4.69, 9.17) is 5.11 Å². The lowest BCUT2D eigenvalue weighted by Crippen LogP contribution is -2.24. The third kappa shape index (κ3) is 6.04. The van der Waals surface area contributed by atoms with Crippen molar-refractivity contribution in [1.82, 2.24) is 5.32 Å². The van der Waals surface area contributed by atoms with Gasteiger partial charge in [-0.2, -0.15) is 0 Å². The number of benzene rings is 1. The molecule has 19 heavy (non-hydrogen) atoms. The Morgan fingerprint density at radius 1 is 1.16 bits per heavy atom. The van der Waals surface area contributed by atoms with Gasteiger partial charge in [0, 0.05) is 18.5 Å². The monoisotopic (exact) mass is 263 g/mol. The van der Waals surface area contributed by atoms with Crippen molar-refractivity contribution in [3.05, 3.63) is 35.4 Å². The minimum absolute atomic E-state index is 0.0987. The molecule has 4 nitrogen and oxygen atoms in total. The van der Waals surface area contributed by atoms with Gasteiger partial charge in [0.25, 0.3) is 5.91 Å². The highest BCUT2D eigenvalue weighted by Crippen LogP contribution is 2.06. The SMILES string of the molecule is CCCc1ccc(C(=O)NCCCCC(=O)O)cc1. The number of unbranched alkanes of at least 4 members (excludes halogenated alkanes) is 1. The van der Waals surface area contributed by atoms with E-state index in [1.54, 1.807) is 0 Å². The van der Waals surface area contributed by atoms with Crippen molar-refractivity contribution in [3.63, 3.8) is 0 Å². The molecule has 0 atom stereocenters. The zero-order valence-corrected chi connectivity index (χ0v) is 11.3. The van der Waals surface area contributed by atoms with E-state index in [2.05, 4.69) is 12.2 Å². The average molecular weight is 263 g/mol. The molecule has 0 aromatic heterocycles. The molecule has 0 aliphatic heterocycles. The molecule has 0 spiro atoms. The van der Waals surface area contributed by atoms with Crippen molar-refractivity contribution in [1.29, 1.82) is 0 Å². The van der Waals surface area contributed by atoms with Crippen molar-refractivity contribution < 1.29 is 14.7 Å². The first-order valence-corrected chi connectivity index (χ1v) is 6.72. The van der Waals surface area contributed by atoms with Gasteiger partial charge in [-0.1, -0.05) is 25.5 Å². The number of rotatable bonds is 8. The summed E-state index contributed by atoms with van der Waals surface area (Å²) in [5.41, 5.74) is 1.89. The van der Waals surface area contributed by atoms with Gasteiger partial charge in [0.2, 0.25) is 0 Å². The Morgan fingerprint density at radius 2 is 1.84 bits per heavy atom. The predicted molar refractivity (Wildman–Crippen MR) is 74.3 cm³/mol.